The number of hydrogen-bond donors (Lipinski definition) is 2. The molecule has 3 rings (SSSR count). The van der Waals surface area contributed by atoms with Crippen LogP contribution in [0.4, 0.5) is 5.69 Å². The molecule has 0 saturated carbocycles. The number of sulfonamides is 1. The van der Waals surface area contributed by atoms with Gasteiger partial charge in [-0.15, -0.1) is 0 Å². The summed E-state index contributed by atoms with van der Waals surface area (Å²) < 4.78 is 32.3. The van der Waals surface area contributed by atoms with Gasteiger partial charge in [-0.25, -0.2) is 8.42 Å². The predicted octanol–water partition coefficient (Wildman–Crippen LogP) is 1.94. The molecule has 1 aromatic carbocycles. The Labute approximate surface area is 148 Å². The zero-order valence-corrected chi connectivity index (χ0v) is 15.2. The molecule has 0 bridgehead atoms. The Morgan fingerprint density at radius 1 is 1.29 bits per heavy atom. The highest BCUT2D eigenvalue weighted by Gasteiger charge is 2.27. The van der Waals surface area contributed by atoms with E-state index in [2.05, 4.69) is 10.6 Å². The Kier molecular flexibility index (Phi) is 5.70. The summed E-state index contributed by atoms with van der Waals surface area (Å²) in [6.07, 6.45) is 4.18. The second-order valence-corrected chi connectivity index (χ2v) is 8.46. The predicted molar refractivity (Wildman–Crippen MR) is 97.6 cm³/mol. The van der Waals surface area contributed by atoms with Crippen LogP contribution in [0.5, 0.6) is 0 Å². The van der Waals surface area contributed by atoms with Crippen LogP contribution in [0.1, 0.15) is 25.7 Å². The molecule has 1 aromatic rings. The number of hydrogen-bond acceptors (Lipinski definition) is 4. The first-order chi connectivity index (χ1) is 11.6. The van der Waals surface area contributed by atoms with Crippen LogP contribution >= 0.6 is 12.2 Å². The molecule has 2 heterocycles. The molecule has 6 nitrogen and oxygen atoms in total. The molecule has 1 atom stereocenters. The molecule has 0 aliphatic carbocycles. The average Bonchev–Trinajstić information content (AvgIpc) is 3.27. The van der Waals surface area contributed by atoms with Gasteiger partial charge in [-0.2, -0.15) is 4.31 Å². The van der Waals surface area contributed by atoms with Crippen molar-refractivity contribution in [3.05, 3.63) is 24.3 Å². The van der Waals surface area contributed by atoms with E-state index in [9.17, 15) is 8.42 Å². The van der Waals surface area contributed by atoms with Crippen LogP contribution < -0.4 is 10.6 Å². The Bertz CT molecular complexity index is 682. The second-order valence-electron chi connectivity index (χ2n) is 6.11. The maximum absolute atomic E-state index is 12.6. The number of nitrogens with zero attached hydrogens (tertiary/aromatic N) is 1. The lowest BCUT2D eigenvalue weighted by Crippen LogP contribution is -2.34. The zero-order chi connectivity index (χ0) is 17.0. The lowest BCUT2D eigenvalue weighted by molar-refractivity contribution is 0.114. The van der Waals surface area contributed by atoms with Crippen molar-refractivity contribution < 1.29 is 13.2 Å². The Morgan fingerprint density at radius 3 is 2.79 bits per heavy atom. The number of thiocarbonyl (C=S) groups is 1. The molecule has 132 valence electrons. The average molecular weight is 370 g/mol. The van der Waals surface area contributed by atoms with Crippen LogP contribution in [0, 0.1) is 0 Å². The largest absolute Gasteiger partial charge is 0.376 e. The van der Waals surface area contributed by atoms with E-state index in [1.807, 2.05) is 6.07 Å². The molecule has 0 amide bonds. The first-order valence-corrected chi connectivity index (χ1v) is 10.2. The summed E-state index contributed by atoms with van der Waals surface area (Å²) in [5.41, 5.74) is 0.667. The van der Waals surface area contributed by atoms with Crippen LogP contribution in [-0.4, -0.2) is 50.2 Å². The van der Waals surface area contributed by atoms with Gasteiger partial charge in [0.1, 0.15) is 0 Å². The highest BCUT2D eigenvalue weighted by Crippen LogP contribution is 2.23. The Balaban J connectivity index is 1.61. The molecule has 0 unspecified atom stereocenters. The lowest BCUT2D eigenvalue weighted by atomic mass is 10.2. The molecule has 2 aliphatic rings. The van der Waals surface area contributed by atoms with Gasteiger partial charge >= 0.3 is 0 Å². The normalized spacial score (nSPS) is 21.8. The van der Waals surface area contributed by atoms with Crippen LogP contribution in [0.15, 0.2) is 29.2 Å². The van der Waals surface area contributed by atoms with Crippen molar-refractivity contribution in [1.82, 2.24) is 9.62 Å². The summed E-state index contributed by atoms with van der Waals surface area (Å²) in [7, 11) is -3.41. The van der Waals surface area contributed by atoms with Crippen molar-refractivity contribution in [2.75, 3.05) is 31.6 Å². The monoisotopic (exact) mass is 369 g/mol. The minimum absolute atomic E-state index is 0.201. The van der Waals surface area contributed by atoms with Gasteiger partial charge in [0, 0.05) is 31.9 Å². The van der Waals surface area contributed by atoms with E-state index in [1.165, 1.54) is 0 Å². The molecular formula is C16H23N3O3S2. The summed E-state index contributed by atoms with van der Waals surface area (Å²) in [6, 6.07) is 6.80. The third kappa shape index (κ3) is 4.24. The molecule has 8 heteroatoms. The van der Waals surface area contributed by atoms with Crippen molar-refractivity contribution in [1.29, 1.82) is 0 Å². The van der Waals surface area contributed by atoms with Gasteiger partial charge in [-0.05, 0) is 56.1 Å². The highest BCUT2D eigenvalue weighted by atomic mass is 32.2. The third-order valence-electron chi connectivity index (χ3n) is 4.31. The Hall–Kier alpha value is -1.22. The SMILES string of the molecule is O=S(=O)(c1cccc(NC(=S)NC[C@@H]2CCCO2)c1)N1CCCC1. The number of rotatable bonds is 5. The van der Waals surface area contributed by atoms with Crippen molar-refractivity contribution in [2.24, 2.45) is 0 Å². The van der Waals surface area contributed by atoms with E-state index < -0.39 is 10.0 Å². The summed E-state index contributed by atoms with van der Waals surface area (Å²) in [6.45, 7) is 2.67. The second kappa shape index (κ2) is 7.77. The summed E-state index contributed by atoms with van der Waals surface area (Å²) in [5.74, 6) is 0. The maximum Gasteiger partial charge on any atom is 0.243 e. The zero-order valence-electron chi connectivity index (χ0n) is 13.5. The number of ether oxygens (including phenoxy) is 1. The first kappa shape index (κ1) is 17.6. The fourth-order valence-electron chi connectivity index (χ4n) is 3.00. The van der Waals surface area contributed by atoms with Gasteiger partial charge in [0.15, 0.2) is 5.11 Å². The van der Waals surface area contributed by atoms with Gasteiger partial charge in [0.2, 0.25) is 10.0 Å². The molecule has 24 heavy (non-hydrogen) atoms. The number of nitrogens with one attached hydrogen (secondary N) is 2. The highest BCUT2D eigenvalue weighted by molar-refractivity contribution is 7.89. The van der Waals surface area contributed by atoms with Crippen molar-refractivity contribution in [2.45, 2.75) is 36.7 Å². The topological polar surface area (TPSA) is 70.7 Å². The fraction of sp³-hybridized carbons (Fsp3) is 0.562. The van der Waals surface area contributed by atoms with E-state index in [0.717, 1.165) is 32.3 Å². The minimum Gasteiger partial charge on any atom is -0.376 e. The Morgan fingerprint density at radius 2 is 2.08 bits per heavy atom. The van der Waals surface area contributed by atoms with Crippen LogP contribution in [0.25, 0.3) is 0 Å². The van der Waals surface area contributed by atoms with Crippen LogP contribution in [0.3, 0.4) is 0 Å². The van der Waals surface area contributed by atoms with Gasteiger partial charge in [-0.3, -0.25) is 0 Å². The van der Waals surface area contributed by atoms with Gasteiger partial charge in [-0.1, -0.05) is 6.07 Å². The fourth-order valence-corrected chi connectivity index (χ4v) is 4.76. The van der Waals surface area contributed by atoms with E-state index >= 15 is 0 Å². The lowest BCUT2D eigenvalue weighted by Gasteiger charge is -2.17. The molecule has 2 aliphatic heterocycles. The molecular weight excluding hydrogens is 346 g/mol. The van der Waals surface area contributed by atoms with E-state index in [1.54, 1.807) is 22.5 Å². The smallest absolute Gasteiger partial charge is 0.243 e. The molecule has 2 N–H and O–H groups in total. The minimum atomic E-state index is -3.41. The summed E-state index contributed by atoms with van der Waals surface area (Å²) in [5, 5.41) is 6.65. The maximum atomic E-state index is 12.6. The molecule has 2 saturated heterocycles. The standard InChI is InChI=1S/C16H23N3O3S2/c20-24(21,19-8-1-2-9-19)15-7-3-5-13(11-15)18-16(23)17-12-14-6-4-10-22-14/h3,5,7,11,14H,1-2,4,6,8-10,12H2,(H2,17,18,23)/t14-/m0/s1. The van der Waals surface area contributed by atoms with E-state index in [0.29, 0.717) is 35.3 Å². The third-order valence-corrected chi connectivity index (χ3v) is 6.45. The molecule has 0 spiro atoms. The number of benzene rings is 1. The van der Waals surface area contributed by atoms with Crippen molar-refractivity contribution >= 4 is 33.0 Å². The number of anilines is 1. The molecule has 2 fully saturated rings. The van der Waals surface area contributed by atoms with Gasteiger partial charge in [0.25, 0.3) is 0 Å². The van der Waals surface area contributed by atoms with Crippen molar-refractivity contribution in [3.63, 3.8) is 0 Å². The molecule has 0 radical (unpaired) electrons. The summed E-state index contributed by atoms with van der Waals surface area (Å²) in [4.78, 5) is 0.302. The summed E-state index contributed by atoms with van der Waals surface area (Å²) >= 11 is 5.28. The van der Waals surface area contributed by atoms with Gasteiger partial charge in [0.05, 0.1) is 11.0 Å². The first-order valence-electron chi connectivity index (χ1n) is 8.32. The van der Waals surface area contributed by atoms with Crippen molar-refractivity contribution in [3.8, 4) is 0 Å². The van der Waals surface area contributed by atoms with Crippen LogP contribution in [0.2, 0.25) is 0 Å². The van der Waals surface area contributed by atoms with Gasteiger partial charge < -0.3 is 15.4 Å². The quantitative estimate of drug-likeness (QED) is 0.773. The van der Waals surface area contributed by atoms with E-state index in [-0.39, 0.29) is 6.10 Å². The van der Waals surface area contributed by atoms with E-state index in [4.69, 9.17) is 17.0 Å². The van der Waals surface area contributed by atoms with Crippen LogP contribution in [-0.2, 0) is 14.8 Å². The molecule has 0 aromatic heterocycles.